The predicted molar refractivity (Wildman–Crippen MR) is 225 cm³/mol. The third kappa shape index (κ3) is 7.66. The van der Waals surface area contributed by atoms with Gasteiger partial charge in [-0.15, -0.1) is 0 Å². The number of ether oxygens (including phenoxy) is 3. The summed E-state index contributed by atoms with van der Waals surface area (Å²) in [6.45, 7) is 3.45. The zero-order chi connectivity index (χ0) is 44.1. The van der Waals surface area contributed by atoms with Gasteiger partial charge in [-0.2, -0.15) is 0 Å². The maximum Gasteiger partial charge on any atom is 0.272 e. The number of rotatable bonds is 11. The predicted octanol–water partition coefficient (Wildman–Crippen LogP) is 4.93. The number of anilines is 2. The van der Waals surface area contributed by atoms with E-state index in [-0.39, 0.29) is 76.0 Å². The van der Waals surface area contributed by atoms with Crippen molar-refractivity contribution in [2.75, 3.05) is 17.7 Å². The summed E-state index contributed by atoms with van der Waals surface area (Å²) < 4.78 is 21.3. The van der Waals surface area contributed by atoms with Crippen molar-refractivity contribution in [2.45, 2.75) is 70.3 Å². The number of nitrogens with zero attached hydrogens (tertiary/aromatic N) is 2. The smallest absolute Gasteiger partial charge is 0.272 e. The van der Waals surface area contributed by atoms with Crippen LogP contribution in [0, 0.1) is 5.92 Å². The third-order valence-corrected chi connectivity index (χ3v) is 12.1. The van der Waals surface area contributed by atoms with Gasteiger partial charge in [-0.25, -0.2) is 0 Å². The van der Waals surface area contributed by atoms with Crippen LogP contribution in [-0.2, 0) is 41.3 Å². The second kappa shape index (κ2) is 16.7. The number of amides is 2. The van der Waals surface area contributed by atoms with E-state index in [1.165, 1.54) is 26.2 Å². The molecule has 6 atom stereocenters. The van der Waals surface area contributed by atoms with E-state index < -0.39 is 59.6 Å². The van der Waals surface area contributed by atoms with Crippen molar-refractivity contribution in [3.05, 3.63) is 123 Å². The first kappa shape index (κ1) is 42.1. The number of aliphatic hydroxyl groups is 1. The highest BCUT2D eigenvalue weighted by Gasteiger charge is 2.45. The number of phenols is 2. The summed E-state index contributed by atoms with van der Waals surface area (Å²) in [7, 11) is 4.85. The highest BCUT2D eigenvalue weighted by molar-refractivity contribution is 6.31. The maximum atomic E-state index is 14.0. The number of carbonyl (C=O) groups excluding carboxylic acids is 5. The number of Topliss-reactive ketones (excluding diaryl/α,β-unsaturated/α-hetero) is 1. The van der Waals surface area contributed by atoms with Crippen LogP contribution in [0.2, 0.25) is 0 Å². The molecular weight excluding hydrogens is 799 g/mol. The van der Waals surface area contributed by atoms with Crippen LogP contribution in [0.1, 0.15) is 102 Å². The number of fused-ring (bicyclic) bond motifs is 3. The molecule has 2 amide bonds. The van der Waals surface area contributed by atoms with Gasteiger partial charge in [0, 0.05) is 73.8 Å². The average molecular weight is 846 g/mol. The molecule has 1 aliphatic heterocycles. The molecule has 62 heavy (non-hydrogen) atoms. The van der Waals surface area contributed by atoms with Crippen LogP contribution < -0.4 is 20.7 Å². The molecule has 1 fully saturated rings. The van der Waals surface area contributed by atoms with Crippen molar-refractivity contribution in [3.8, 4) is 17.2 Å². The zero-order valence-corrected chi connectivity index (χ0v) is 34.7. The van der Waals surface area contributed by atoms with Crippen molar-refractivity contribution in [1.82, 2.24) is 14.5 Å². The molecular formula is C46H47N5O11. The van der Waals surface area contributed by atoms with Gasteiger partial charge >= 0.3 is 0 Å². The minimum Gasteiger partial charge on any atom is -0.507 e. The SMILES string of the molecule is COc1cccc2c1C(=O)c1c(O)c3c(c(O)c1C2=O)CC(C(C)=O)C[C@@H]3OC1CC(NCc2ccc(NC(=O)c3cc(NC(=O)c4cccn4C)cn3C)cc2)C(O)C(C)O1. The number of aryl methyl sites for hydroxylation is 2. The number of aromatic hydroxyl groups is 2. The quantitative estimate of drug-likeness (QED) is 0.0958. The largest absolute Gasteiger partial charge is 0.507 e. The molecule has 0 radical (unpaired) electrons. The van der Waals surface area contributed by atoms with Gasteiger partial charge in [-0.05, 0) is 68.7 Å². The highest BCUT2D eigenvalue weighted by Crippen LogP contribution is 2.51. The highest BCUT2D eigenvalue weighted by atomic mass is 16.7. The van der Waals surface area contributed by atoms with Gasteiger partial charge in [0.1, 0.15) is 34.4 Å². The van der Waals surface area contributed by atoms with Gasteiger partial charge in [-0.1, -0.05) is 24.3 Å². The van der Waals surface area contributed by atoms with Crippen LogP contribution in [0.5, 0.6) is 17.2 Å². The number of carbonyl (C=O) groups is 5. The monoisotopic (exact) mass is 845 g/mol. The molecule has 0 saturated carbocycles. The number of benzene rings is 3. The van der Waals surface area contributed by atoms with Gasteiger partial charge in [0.2, 0.25) is 5.78 Å². The topological polar surface area (TPSA) is 220 Å². The van der Waals surface area contributed by atoms with E-state index in [1.807, 2.05) is 12.1 Å². The molecule has 5 unspecified atom stereocenters. The molecule has 2 aromatic heterocycles. The zero-order valence-electron chi connectivity index (χ0n) is 34.7. The summed E-state index contributed by atoms with van der Waals surface area (Å²) in [6, 6.07) is 16.3. The first-order valence-electron chi connectivity index (χ1n) is 20.2. The van der Waals surface area contributed by atoms with E-state index in [2.05, 4.69) is 16.0 Å². The van der Waals surface area contributed by atoms with Crippen molar-refractivity contribution in [1.29, 1.82) is 0 Å². The Bertz CT molecular complexity index is 2630. The minimum atomic E-state index is -1.03. The fourth-order valence-corrected chi connectivity index (χ4v) is 8.74. The fourth-order valence-electron chi connectivity index (χ4n) is 8.74. The number of hydrogen-bond donors (Lipinski definition) is 6. The van der Waals surface area contributed by atoms with Gasteiger partial charge in [-0.3, -0.25) is 24.0 Å². The Kier molecular flexibility index (Phi) is 11.3. The van der Waals surface area contributed by atoms with Gasteiger partial charge in [0.15, 0.2) is 12.1 Å². The second-order valence-electron chi connectivity index (χ2n) is 16.1. The lowest BCUT2D eigenvalue weighted by atomic mass is 9.74. The summed E-state index contributed by atoms with van der Waals surface area (Å²) in [6.07, 6.45) is 0.0765. The van der Waals surface area contributed by atoms with Crippen molar-refractivity contribution in [2.24, 2.45) is 20.0 Å². The molecule has 5 aromatic rings. The Labute approximate surface area is 356 Å². The fraction of sp³-hybridized carbons (Fsp3) is 0.326. The number of methoxy groups -OCH3 is 1. The van der Waals surface area contributed by atoms with Crippen molar-refractivity contribution >= 4 is 40.5 Å². The number of hydrogen-bond acceptors (Lipinski definition) is 12. The normalized spacial score (nSPS) is 21.7. The number of ketones is 3. The van der Waals surface area contributed by atoms with Crippen molar-refractivity contribution < 1.29 is 53.5 Å². The van der Waals surface area contributed by atoms with Gasteiger partial charge < -0.3 is 54.6 Å². The molecule has 0 spiro atoms. The molecule has 2 aliphatic carbocycles. The summed E-state index contributed by atoms with van der Waals surface area (Å²) in [5, 5.41) is 43.8. The summed E-state index contributed by atoms with van der Waals surface area (Å²) in [5.74, 6) is -3.71. The molecule has 8 rings (SSSR count). The van der Waals surface area contributed by atoms with Crippen LogP contribution >= 0.6 is 0 Å². The van der Waals surface area contributed by atoms with E-state index in [1.54, 1.807) is 78.9 Å². The van der Waals surface area contributed by atoms with E-state index in [0.29, 0.717) is 29.3 Å². The lowest BCUT2D eigenvalue weighted by molar-refractivity contribution is -0.246. The Morgan fingerprint density at radius 2 is 1.56 bits per heavy atom. The Morgan fingerprint density at radius 1 is 0.855 bits per heavy atom. The number of aromatic nitrogens is 2. The second-order valence-corrected chi connectivity index (χ2v) is 16.1. The van der Waals surface area contributed by atoms with Crippen LogP contribution in [0.4, 0.5) is 11.4 Å². The number of nitrogens with one attached hydrogen (secondary N) is 3. The first-order chi connectivity index (χ1) is 29.6. The molecule has 322 valence electrons. The van der Waals surface area contributed by atoms with Gasteiger partial charge in [0.05, 0.1) is 47.8 Å². The van der Waals surface area contributed by atoms with E-state index in [9.17, 15) is 39.3 Å². The molecule has 16 heteroatoms. The van der Waals surface area contributed by atoms with Crippen LogP contribution in [0.15, 0.2) is 73.1 Å². The molecule has 6 N–H and O–H groups in total. The van der Waals surface area contributed by atoms with E-state index >= 15 is 0 Å². The van der Waals surface area contributed by atoms with Crippen LogP contribution in [-0.4, -0.2) is 85.3 Å². The Morgan fingerprint density at radius 3 is 2.26 bits per heavy atom. The molecule has 3 heterocycles. The Balaban J connectivity index is 0.951. The molecule has 3 aliphatic rings. The lowest BCUT2D eigenvalue weighted by Gasteiger charge is -2.41. The summed E-state index contributed by atoms with van der Waals surface area (Å²) in [4.78, 5) is 66.5. The maximum absolute atomic E-state index is 14.0. The first-order valence-corrected chi connectivity index (χ1v) is 20.2. The van der Waals surface area contributed by atoms with E-state index in [0.717, 1.165) is 5.56 Å². The van der Waals surface area contributed by atoms with Gasteiger partial charge in [0.25, 0.3) is 11.8 Å². The van der Waals surface area contributed by atoms with Crippen LogP contribution in [0.3, 0.4) is 0 Å². The number of aliphatic hydroxyl groups excluding tert-OH is 1. The number of phenolic OH excluding ortho intramolecular Hbond substituents is 2. The molecule has 3 aromatic carbocycles. The molecule has 1 saturated heterocycles. The lowest BCUT2D eigenvalue weighted by Crippen LogP contribution is -2.53. The Hall–Kier alpha value is -6.59. The molecule has 0 bridgehead atoms. The van der Waals surface area contributed by atoms with E-state index in [4.69, 9.17) is 14.2 Å². The summed E-state index contributed by atoms with van der Waals surface area (Å²) in [5.41, 5.74) is 2.23. The third-order valence-electron chi connectivity index (χ3n) is 12.1. The van der Waals surface area contributed by atoms with Crippen LogP contribution in [0.25, 0.3) is 0 Å². The summed E-state index contributed by atoms with van der Waals surface area (Å²) >= 11 is 0. The minimum absolute atomic E-state index is 0.0126. The van der Waals surface area contributed by atoms with Crippen molar-refractivity contribution in [3.63, 3.8) is 0 Å². The average Bonchev–Trinajstić information content (AvgIpc) is 3.85. The standard InChI is InChI=1S/C46H47N5O11/c1-22(52)25-16-29-37(44(57)39-38(42(29)55)41(54)28-8-6-10-33(60-5)36(28)43(39)56)34(17-25)62-35-19-30(40(53)23(2)61-35)47-20-24-11-13-26(14-12-24)48-46(59)32-18-27(21-51(32)4)49-45(58)31-9-7-15-50(31)3/h6-15,18,21,23,25,30,34-35,40,47,53,55,57H,16-17,19-20H2,1-5H3,(H,48,59)(H,49,58)/t23?,25?,30?,34-,35?,40?/m0/s1. The molecule has 16 nitrogen and oxygen atoms in total.